The lowest BCUT2D eigenvalue weighted by atomic mass is 10.1. The van der Waals surface area contributed by atoms with Crippen LogP contribution < -0.4 is 5.73 Å². The zero-order valence-corrected chi connectivity index (χ0v) is 7.50. The van der Waals surface area contributed by atoms with Crippen LogP contribution in [0, 0.1) is 0 Å². The van der Waals surface area contributed by atoms with E-state index in [1.54, 1.807) is 0 Å². The molecule has 2 N–H and O–H groups in total. The highest BCUT2D eigenvalue weighted by Gasteiger charge is 2.61. The van der Waals surface area contributed by atoms with Crippen molar-refractivity contribution in [3.05, 3.63) is 22.4 Å². The predicted octanol–water partition coefficient (Wildman–Crippen LogP) is 2.95. The lowest BCUT2D eigenvalue weighted by Crippen LogP contribution is -2.45. The summed E-state index contributed by atoms with van der Waals surface area (Å²) in [5, 5.41) is 1.39. The van der Waals surface area contributed by atoms with E-state index >= 15 is 0 Å². The van der Waals surface area contributed by atoms with Crippen LogP contribution >= 0.6 is 11.3 Å². The Balaban J connectivity index is 2.94. The summed E-state index contributed by atoms with van der Waals surface area (Å²) in [5.74, 6) is -4.89. The summed E-state index contributed by atoms with van der Waals surface area (Å²) >= 11 is 0.769. The molecule has 0 bridgehead atoms. The van der Waals surface area contributed by atoms with Gasteiger partial charge in [-0.3, -0.25) is 0 Å². The Bertz CT molecular complexity index is 292. The van der Waals surface area contributed by atoms with Crippen molar-refractivity contribution in [1.29, 1.82) is 0 Å². The van der Waals surface area contributed by atoms with E-state index in [-0.39, 0.29) is 4.88 Å². The molecular weight excluding hydrogens is 225 g/mol. The van der Waals surface area contributed by atoms with E-state index in [0.717, 1.165) is 17.4 Å². The van der Waals surface area contributed by atoms with Gasteiger partial charge < -0.3 is 5.73 Å². The summed E-state index contributed by atoms with van der Waals surface area (Å²) in [6.45, 7) is 0. The van der Waals surface area contributed by atoms with Gasteiger partial charge in [0.05, 0.1) is 0 Å². The van der Waals surface area contributed by atoms with Crippen molar-refractivity contribution in [3.8, 4) is 0 Å². The van der Waals surface area contributed by atoms with Gasteiger partial charge in [-0.2, -0.15) is 22.0 Å². The van der Waals surface area contributed by atoms with Crippen LogP contribution in [0.15, 0.2) is 17.5 Å². The molecule has 1 rings (SSSR count). The van der Waals surface area contributed by atoms with Crippen molar-refractivity contribution >= 4 is 11.3 Å². The van der Waals surface area contributed by atoms with Gasteiger partial charge in [0.2, 0.25) is 0 Å². The van der Waals surface area contributed by atoms with Gasteiger partial charge in [0.15, 0.2) is 0 Å². The van der Waals surface area contributed by atoms with Gasteiger partial charge >= 0.3 is 12.1 Å². The van der Waals surface area contributed by atoms with Gasteiger partial charge in [0.1, 0.15) is 6.04 Å². The number of alkyl halides is 5. The minimum absolute atomic E-state index is 0.188. The Morgan fingerprint density at radius 2 is 1.79 bits per heavy atom. The van der Waals surface area contributed by atoms with E-state index in [1.165, 1.54) is 11.4 Å². The average Bonchev–Trinajstić information content (AvgIpc) is 2.52. The summed E-state index contributed by atoms with van der Waals surface area (Å²) in [5.41, 5.74) is 4.84. The van der Waals surface area contributed by atoms with Crippen LogP contribution in [0.25, 0.3) is 0 Å². The lowest BCUT2D eigenvalue weighted by Gasteiger charge is -2.24. The van der Waals surface area contributed by atoms with Crippen LogP contribution in [-0.2, 0) is 0 Å². The summed E-state index contributed by atoms with van der Waals surface area (Å²) in [6.07, 6.45) is -5.61. The molecule has 1 heterocycles. The van der Waals surface area contributed by atoms with Crippen molar-refractivity contribution in [2.75, 3.05) is 0 Å². The number of hydrogen-bond acceptors (Lipinski definition) is 2. The van der Waals surface area contributed by atoms with Crippen LogP contribution in [0.2, 0.25) is 0 Å². The first-order chi connectivity index (χ1) is 6.27. The Morgan fingerprint density at radius 3 is 2.14 bits per heavy atom. The highest BCUT2D eigenvalue weighted by atomic mass is 32.1. The normalized spacial score (nSPS) is 15.6. The fraction of sp³-hybridized carbons (Fsp3) is 0.429. The number of rotatable bonds is 2. The standard InChI is InChI=1S/C7H6F5NS/c8-6(9,7(10,11)12)5(13)4-2-1-3-14-4/h1-3,5H,13H2. The van der Waals surface area contributed by atoms with Crippen LogP contribution in [0.4, 0.5) is 22.0 Å². The monoisotopic (exact) mass is 231 g/mol. The molecule has 0 aliphatic carbocycles. The third kappa shape index (κ3) is 1.88. The van der Waals surface area contributed by atoms with E-state index in [1.807, 2.05) is 0 Å². The smallest absolute Gasteiger partial charge is 0.318 e. The third-order valence-corrected chi connectivity index (χ3v) is 2.57. The predicted molar refractivity (Wildman–Crippen MR) is 42.2 cm³/mol. The van der Waals surface area contributed by atoms with Gasteiger partial charge in [-0.15, -0.1) is 11.3 Å². The molecule has 0 aliphatic heterocycles. The molecule has 0 fully saturated rings. The molecule has 1 aromatic rings. The van der Waals surface area contributed by atoms with Crippen LogP contribution in [-0.4, -0.2) is 12.1 Å². The van der Waals surface area contributed by atoms with Crippen molar-refractivity contribution in [1.82, 2.24) is 0 Å². The second-order valence-corrected chi connectivity index (χ2v) is 3.59. The zero-order valence-electron chi connectivity index (χ0n) is 6.68. The molecule has 0 radical (unpaired) electrons. The molecule has 1 atom stereocenters. The molecule has 7 heteroatoms. The Morgan fingerprint density at radius 1 is 1.21 bits per heavy atom. The van der Waals surface area contributed by atoms with Crippen molar-refractivity contribution in [2.45, 2.75) is 18.1 Å². The molecule has 0 saturated heterocycles. The number of thiophene rings is 1. The fourth-order valence-corrected chi connectivity index (χ4v) is 1.59. The molecule has 0 amide bonds. The second kappa shape index (κ2) is 3.47. The summed E-state index contributed by atoms with van der Waals surface area (Å²) < 4.78 is 60.8. The molecule has 0 aromatic carbocycles. The molecule has 0 spiro atoms. The van der Waals surface area contributed by atoms with Gasteiger partial charge in [0, 0.05) is 4.88 Å². The maximum Gasteiger partial charge on any atom is 0.455 e. The molecule has 1 nitrogen and oxygen atoms in total. The van der Waals surface area contributed by atoms with E-state index < -0.39 is 18.1 Å². The van der Waals surface area contributed by atoms with E-state index in [4.69, 9.17) is 5.73 Å². The van der Waals surface area contributed by atoms with Crippen molar-refractivity contribution in [3.63, 3.8) is 0 Å². The van der Waals surface area contributed by atoms with Gasteiger partial charge in [-0.05, 0) is 11.4 Å². The highest BCUT2D eigenvalue weighted by molar-refractivity contribution is 7.10. The Hall–Kier alpha value is -0.690. The first-order valence-electron chi connectivity index (χ1n) is 3.50. The number of halogens is 5. The van der Waals surface area contributed by atoms with Crippen LogP contribution in [0.3, 0.4) is 0 Å². The minimum atomic E-state index is -5.61. The SMILES string of the molecule is NC(c1cccs1)C(F)(F)C(F)(F)F. The van der Waals surface area contributed by atoms with Crippen molar-refractivity contribution < 1.29 is 22.0 Å². The molecular formula is C7H6F5NS. The first-order valence-corrected chi connectivity index (χ1v) is 4.38. The largest absolute Gasteiger partial charge is 0.455 e. The maximum atomic E-state index is 12.6. The van der Waals surface area contributed by atoms with Gasteiger partial charge in [-0.1, -0.05) is 6.07 Å². The van der Waals surface area contributed by atoms with E-state index in [2.05, 4.69) is 0 Å². The van der Waals surface area contributed by atoms with Gasteiger partial charge in [0.25, 0.3) is 0 Å². The maximum absolute atomic E-state index is 12.6. The first kappa shape index (κ1) is 11.4. The summed E-state index contributed by atoms with van der Waals surface area (Å²) in [4.78, 5) is -0.188. The topological polar surface area (TPSA) is 26.0 Å². The van der Waals surface area contributed by atoms with Gasteiger partial charge in [-0.25, -0.2) is 0 Å². The third-order valence-electron chi connectivity index (χ3n) is 1.62. The number of hydrogen-bond donors (Lipinski definition) is 1. The van der Waals surface area contributed by atoms with E-state index in [0.29, 0.717) is 0 Å². The molecule has 1 unspecified atom stereocenters. The molecule has 1 aromatic heterocycles. The number of nitrogens with two attached hydrogens (primary N) is 1. The zero-order chi connectivity index (χ0) is 11.0. The molecule has 0 aliphatic rings. The van der Waals surface area contributed by atoms with Crippen LogP contribution in [0.1, 0.15) is 10.9 Å². The Kier molecular flexibility index (Phi) is 2.82. The minimum Gasteiger partial charge on any atom is -0.318 e. The summed E-state index contributed by atoms with van der Waals surface area (Å²) in [7, 11) is 0. The molecule has 14 heavy (non-hydrogen) atoms. The van der Waals surface area contributed by atoms with Crippen LogP contribution in [0.5, 0.6) is 0 Å². The quantitative estimate of drug-likeness (QED) is 0.778. The molecule has 0 saturated carbocycles. The Labute approximate surface area is 80.3 Å². The highest BCUT2D eigenvalue weighted by Crippen LogP contribution is 2.44. The molecule has 80 valence electrons. The summed E-state index contributed by atoms with van der Waals surface area (Å²) in [6, 6.07) is 0.184. The lowest BCUT2D eigenvalue weighted by molar-refractivity contribution is -0.290. The second-order valence-electron chi connectivity index (χ2n) is 2.61. The van der Waals surface area contributed by atoms with Crippen molar-refractivity contribution in [2.24, 2.45) is 5.73 Å². The fourth-order valence-electron chi connectivity index (χ4n) is 0.823. The average molecular weight is 231 g/mol. The van der Waals surface area contributed by atoms with E-state index in [9.17, 15) is 22.0 Å².